The fourth-order valence-electron chi connectivity index (χ4n) is 4.10. The van der Waals surface area contributed by atoms with Crippen LogP contribution in [0.25, 0.3) is 0 Å². The second-order valence-corrected chi connectivity index (χ2v) is 8.06. The topological polar surface area (TPSA) is 107 Å². The van der Waals surface area contributed by atoms with Gasteiger partial charge in [0.1, 0.15) is 17.1 Å². The van der Waals surface area contributed by atoms with Gasteiger partial charge >= 0.3 is 0 Å². The lowest BCUT2D eigenvalue weighted by molar-refractivity contribution is -0.0209. The highest BCUT2D eigenvalue weighted by molar-refractivity contribution is 6.03. The highest BCUT2D eigenvalue weighted by Gasteiger charge is 2.48. The fraction of sp³-hybridized carbons (Fsp3) is 0.435. The number of hydrogen-bond acceptors (Lipinski definition) is 6. The lowest BCUT2D eigenvalue weighted by atomic mass is 9.72. The molecule has 0 spiro atoms. The van der Waals surface area contributed by atoms with Gasteiger partial charge in [0, 0.05) is 39.1 Å². The number of hydrogen-bond donors (Lipinski definition) is 2. The summed E-state index contributed by atoms with van der Waals surface area (Å²) in [6.07, 6.45) is 1.75. The number of aromatic hydroxyl groups is 1. The van der Waals surface area contributed by atoms with Crippen LogP contribution in [-0.2, 0) is 22.6 Å². The van der Waals surface area contributed by atoms with Crippen molar-refractivity contribution in [2.45, 2.75) is 39.0 Å². The first-order valence-electron chi connectivity index (χ1n) is 10.3. The van der Waals surface area contributed by atoms with E-state index in [4.69, 9.17) is 9.47 Å². The number of carbonyl (C=O) groups is 2. The van der Waals surface area contributed by atoms with E-state index in [0.29, 0.717) is 19.4 Å². The molecule has 32 heavy (non-hydrogen) atoms. The molecule has 1 amide bonds. The lowest BCUT2D eigenvalue weighted by Crippen LogP contribution is -2.50. The molecule has 1 aliphatic heterocycles. The van der Waals surface area contributed by atoms with Crippen LogP contribution in [0.3, 0.4) is 0 Å². The first-order chi connectivity index (χ1) is 15.2. The summed E-state index contributed by atoms with van der Waals surface area (Å²) in [5.41, 5.74) is -2.15. The summed E-state index contributed by atoms with van der Waals surface area (Å²) in [4.78, 5) is 38.7. The maximum Gasteiger partial charge on any atom is 0.257 e. The van der Waals surface area contributed by atoms with Gasteiger partial charge in [0.25, 0.3) is 5.91 Å². The predicted molar refractivity (Wildman–Crippen MR) is 114 cm³/mol. The third-order valence-electron chi connectivity index (χ3n) is 6.03. The second-order valence-electron chi connectivity index (χ2n) is 8.06. The zero-order valence-corrected chi connectivity index (χ0v) is 18.3. The molecule has 2 heterocycles. The summed E-state index contributed by atoms with van der Waals surface area (Å²) in [6.45, 7) is 2.23. The van der Waals surface area contributed by atoms with Gasteiger partial charge in [0.2, 0.25) is 5.43 Å². The Kier molecular flexibility index (Phi) is 7.10. The maximum absolute atomic E-state index is 13.8. The number of pyridine rings is 1. The monoisotopic (exact) mass is 446 g/mol. The molecule has 0 aliphatic carbocycles. The number of benzene rings is 1. The van der Waals surface area contributed by atoms with Crippen molar-refractivity contribution in [1.82, 2.24) is 9.88 Å². The summed E-state index contributed by atoms with van der Waals surface area (Å²) >= 11 is 0. The van der Waals surface area contributed by atoms with E-state index in [-0.39, 0.29) is 29.9 Å². The molecule has 0 radical (unpaired) electrons. The summed E-state index contributed by atoms with van der Waals surface area (Å²) in [6, 6.07) is 5.94. The molecular formula is C23H27FN2O6. The minimum atomic E-state index is -0.966. The summed E-state index contributed by atoms with van der Waals surface area (Å²) in [5, 5.41) is 13.1. The van der Waals surface area contributed by atoms with Crippen LogP contribution in [-0.4, -0.2) is 48.3 Å². The van der Waals surface area contributed by atoms with Crippen LogP contribution in [0.5, 0.6) is 5.75 Å². The number of methoxy groups -OCH3 is 2. The molecule has 0 fully saturated rings. The molecule has 172 valence electrons. The molecule has 3 rings (SSSR count). The number of ketones is 1. The van der Waals surface area contributed by atoms with Crippen LogP contribution in [0, 0.1) is 11.2 Å². The van der Waals surface area contributed by atoms with Gasteiger partial charge in [-0.2, -0.15) is 0 Å². The summed E-state index contributed by atoms with van der Waals surface area (Å²) < 4.78 is 25.8. The number of rotatable bonds is 8. The smallest absolute Gasteiger partial charge is 0.257 e. The first-order valence-corrected chi connectivity index (χ1v) is 10.3. The molecule has 2 aromatic rings. The van der Waals surface area contributed by atoms with Crippen molar-refractivity contribution in [1.29, 1.82) is 0 Å². The molecule has 0 bridgehead atoms. The van der Waals surface area contributed by atoms with Crippen molar-refractivity contribution < 1.29 is 28.6 Å². The Balaban J connectivity index is 1.92. The number of carbonyl (C=O) groups excluding carboxylic acids is 2. The van der Waals surface area contributed by atoms with E-state index in [1.165, 1.54) is 36.1 Å². The Morgan fingerprint density at radius 2 is 2.03 bits per heavy atom. The van der Waals surface area contributed by atoms with Gasteiger partial charge < -0.3 is 24.5 Å². The Labute approximate surface area is 185 Å². The Morgan fingerprint density at radius 1 is 1.31 bits per heavy atom. The van der Waals surface area contributed by atoms with Crippen LogP contribution < -0.4 is 10.7 Å². The van der Waals surface area contributed by atoms with Gasteiger partial charge in [0.15, 0.2) is 11.5 Å². The molecule has 9 heteroatoms. The molecule has 8 nitrogen and oxygen atoms in total. The second kappa shape index (κ2) is 9.62. The van der Waals surface area contributed by atoms with E-state index >= 15 is 0 Å². The Morgan fingerprint density at radius 3 is 2.69 bits per heavy atom. The first kappa shape index (κ1) is 23.6. The Hall–Kier alpha value is -3.04. The molecule has 0 unspecified atom stereocenters. The standard InChI is InChI=1S/C23H27FN2O6/c1-23(9-6-10-31-2)17(32-3)13-26-12-15(19(27)20(28)18(26)21(23)29)22(30)25-11-14-7-4-5-8-16(14)24/h4-5,7-8,12,17,28H,6,9-11,13H2,1-3H3,(H,25,30)/t17-,23+/m0/s1. The molecule has 0 saturated heterocycles. The Bertz CT molecular complexity index is 1080. The molecule has 2 atom stereocenters. The zero-order valence-electron chi connectivity index (χ0n) is 18.3. The molecular weight excluding hydrogens is 419 g/mol. The van der Waals surface area contributed by atoms with Crippen molar-refractivity contribution in [3.63, 3.8) is 0 Å². The van der Waals surface area contributed by atoms with Gasteiger partial charge in [-0.1, -0.05) is 18.2 Å². The SMILES string of the molecule is COCCC[C@@]1(C)C(=O)c2c(O)c(=O)c(C(=O)NCc3ccccc3F)cn2C[C@@H]1OC. The van der Waals surface area contributed by atoms with Gasteiger partial charge in [-0.3, -0.25) is 14.4 Å². The number of aromatic nitrogens is 1. The molecule has 2 N–H and O–H groups in total. The van der Waals surface area contributed by atoms with Gasteiger partial charge in [-0.05, 0) is 25.8 Å². The average molecular weight is 446 g/mol. The highest BCUT2D eigenvalue weighted by atomic mass is 19.1. The minimum absolute atomic E-state index is 0.134. The quantitative estimate of drug-likeness (QED) is 0.603. The van der Waals surface area contributed by atoms with Gasteiger partial charge in [-0.25, -0.2) is 4.39 Å². The van der Waals surface area contributed by atoms with E-state index in [9.17, 15) is 23.9 Å². The van der Waals surface area contributed by atoms with Gasteiger partial charge in [-0.15, -0.1) is 0 Å². The van der Waals surface area contributed by atoms with E-state index in [2.05, 4.69) is 5.32 Å². The average Bonchev–Trinajstić information content (AvgIpc) is 2.77. The molecule has 1 aliphatic rings. The number of nitrogens with zero attached hydrogens (tertiary/aromatic N) is 1. The van der Waals surface area contributed by atoms with Crippen LogP contribution in [0.15, 0.2) is 35.3 Å². The van der Waals surface area contributed by atoms with Crippen molar-refractivity contribution in [2.24, 2.45) is 5.41 Å². The zero-order chi connectivity index (χ0) is 23.5. The van der Waals surface area contributed by atoms with Crippen LogP contribution in [0.1, 0.15) is 46.2 Å². The van der Waals surface area contributed by atoms with Crippen LogP contribution in [0.4, 0.5) is 4.39 Å². The molecule has 1 aromatic heterocycles. The number of halogens is 1. The number of Topliss-reactive ketones (excluding diaryl/α,β-unsaturated/α-hetero) is 1. The fourth-order valence-corrected chi connectivity index (χ4v) is 4.10. The summed E-state index contributed by atoms with van der Waals surface area (Å²) in [7, 11) is 3.06. The van der Waals surface area contributed by atoms with Crippen molar-refractivity contribution >= 4 is 11.7 Å². The van der Waals surface area contributed by atoms with Crippen LogP contribution in [0.2, 0.25) is 0 Å². The largest absolute Gasteiger partial charge is 0.503 e. The lowest BCUT2D eigenvalue weighted by Gasteiger charge is -2.41. The number of ether oxygens (including phenoxy) is 2. The molecule has 1 aromatic carbocycles. The normalized spacial score (nSPS) is 20.1. The van der Waals surface area contributed by atoms with E-state index in [1.807, 2.05) is 0 Å². The van der Waals surface area contributed by atoms with Crippen molar-refractivity contribution in [2.75, 3.05) is 20.8 Å². The van der Waals surface area contributed by atoms with Gasteiger partial charge in [0.05, 0.1) is 18.1 Å². The van der Waals surface area contributed by atoms with Crippen LogP contribution >= 0.6 is 0 Å². The number of amides is 1. The third kappa shape index (κ3) is 4.31. The minimum Gasteiger partial charge on any atom is -0.503 e. The maximum atomic E-state index is 13.8. The molecule has 0 saturated carbocycles. The predicted octanol–water partition coefficient (Wildman–Crippen LogP) is 2.27. The van der Waals surface area contributed by atoms with E-state index < -0.39 is 40.2 Å². The van der Waals surface area contributed by atoms with Crippen molar-refractivity contribution in [3.05, 3.63) is 63.3 Å². The third-order valence-corrected chi connectivity index (χ3v) is 6.03. The number of nitrogens with one attached hydrogen (secondary N) is 1. The van der Waals surface area contributed by atoms with Crippen molar-refractivity contribution in [3.8, 4) is 5.75 Å². The summed E-state index contributed by atoms with van der Waals surface area (Å²) in [5.74, 6) is -2.47. The highest BCUT2D eigenvalue weighted by Crippen LogP contribution is 2.40. The van der Waals surface area contributed by atoms with E-state index in [0.717, 1.165) is 0 Å². The number of fused-ring (bicyclic) bond motifs is 1. The van der Waals surface area contributed by atoms with E-state index in [1.54, 1.807) is 20.1 Å².